The van der Waals surface area contributed by atoms with E-state index in [9.17, 15) is 14.7 Å². The van der Waals surface area contributed by atoms with E-state index < -0.39 is 12.3 Å². The first-order valence-electron chi connectivity index (χ1n) is 15.0. The molecule has 0 unspecified atom stereocenters. The van der Waals surface area contributed by atoms with Crippen LogP contribution in [0.1, 0.15) is 79.6 Å². The highest BCUT2D eigenvalue weighted by Gasteiger charge is 2.32. The van der Waals surface area contributed by atoms with Crippen LogP contribution in [0.5, 0.6) is 0 Å². The van der Waals surface area contributed by atoms with Crippen molar-refractivity contribution < 1.29 is 29.3 Å². The van der Waals surface area contributed by atoms with Crippen molar-refractivity contribution in [2.75, 3.05) is 5.75 Å². The van der Waals surface area contributed by atoms with Crippen LogP contribution in [0.2, 0.25) is 0 Å². The average molecular weight is 635 g/mol. The molecule has 0 bridgehead atoms. The average Bonchev–Trinajstić information content (AvgIpc) is 3.48. The van der Waals surface area contributed by atoms with E-state index in [1.807, 2.05) is 66.7 Å². The van der Waals surface area contributed by atoms with Crippen LogP contribution in [-0.2, 0) is 32.2 Å². The van der Waals surface area contributed by atoms with Gasteiger partial charge in [-0.05, 0) is 41.7 Å². The number of fused-ring (bicyclic) bond motifs is 1. The van der Waals surface area contributed by atoms with E-state index in [2.05, 4.69) is 11.4 Å². The van der Waals surface area contributed by atoms with Gasteiger partial charge in [-0.3, -0.25) is 9.59 Å². The van der Waals surface area contributed by atoms with Crippen LogP contribution in [0.25, 0.3) is 10.2 Å². The van der Waals surface area contributed by atoms with E-state index in [4.69, 9.17) is 19.6 Å². The summed E-state index contributed by atoms with van der Waals surface area (Å²) in [6.45, 7) is 0.437. The number of carbonyl (C=O) groups excluding carboxylic acids is 1. The van der Waals surface area contributed by atoms with Crippen LogP contribution in [-0.4, -0.2) is 38.9 Å². The molecule has 8 nitrogen and oxygen atoms in total. The molecule has 44 heavy (non-hydrogen) atoms. The maximum Gasteiger partial charge on any atom is 0.303 e. The lowest BCUT2D eigenvalue weighted by molar-refractivity contribution is -0.245. The Labute approximate surface area is 265 Å². The number of aliphatic hydroxyl groups excluding tert-OH is 1. The molecule has 232 valence electrons. The molecule has 4 aromatic rings. The molecule has 1 amide bonds. The number of aromatic nitrogens is 1. The minimum Gasteiger partial charge on any atom is -0.481 e. The summed E-state index contributed by atoms with van der Waals surface area (Å²) in [4.78, 5) is 27.6. The van der Waals surface area contributed by atoms with E-state index >= 15 is 0 Å². The molecule has 1 saturated heterocycles. The topological polar surface area (TPSA) is 118 Å². The number of carboxylic acid groups (broad SMARTS) is 1. The number of carboxylic acids is 1. The fourth-order valence-electron chi connectivity index (χ4n) is 5.10. The summed E-state index contributed by atoms with van der Waals surface area (Å²) in [6, 6.07) is 24.0. The number of carbonyl (C=O) groups is 2. The van der Waals surface area contributed by atoms with Crippen LogP contribution in [0.15, 0.2) is 77.1 Å². The highest BCUT2D eigenvalue weighted by Crippen LogP contribution is 2.40. The first-order chi connectivity index (χ1) is 21.5. The van der Waals surface area contributed by atoms with Crippen LogP contribution < -0.4 is 5.32 Å². The van der Waals surface area contributed by atoms with Crippen molar-refractivity contribution in [3.05, 3.63) is 95.1 Å². The quantitative estimate of drug-likeness (QED) is 0.0931. The number of amides is 1. The van der Waals surface area contributed by atoms with Crippen LogP contribution in [0.4, 0.5) is 0 Å². The number of ether oxygens (including phenoxy) is 2. The van der Waals surface area contributed by atoms with Crippen molar-refractivity contribution in [2.45, 2.75) is 80.9 Å². The molecule has 3 N–H and O–H groups in total. The molecule has 1 aliphatic heterocycles. The molecule has 1 fully saturated rings. The van der Waals surface area contributed by atoms with E-state index in [1.165, 1.54) is 4.70 Å². The van der Waals surface area contributed by atoms with Gasteiger partial charge in [0.05, 0.1) is 29.0 Å². The zero-order valence-corrected chi connectivity index (χ0v) is 26.2. The van der Waals surface area contributed by atoms with Crippen LogP contribution in [0.3, 0.4) is 0 Å². The maximum absolute atomic E-state index is 12.3. The second-order valence-electron chi connectivity index (χ2n) is 10.9. The van der Waals surface area contributed by atoms with Gasteiger partial charge in [-0.1, -0.05) is 85.3 Å². The minimum absolute atomic E-state index is 0.000370. The number of hydrogen-bond donors (Lipinski definition) is 3. The molecule has 3 aromatic carbocycles. The summed E-state index contributed by atoms with van der Waals surface area (Å²) in [6.07, 6.45) is 3.63. The van der Waals surface area contributed by atoms with Crippen LogP contribution in [0, 0.1) is 0 Å². The van der Waals surface area contributed by atoms with E-state index in [0.29, 0.717) is 25.8 Å². The van der Waals surface area contributed by atoms with Gasteiger partial charge in [-0.2, -0.15) is 0 Å². The number of aliphatic hydroxyl groups is 1. The van der Waals surface area contributed by atoms with Crippen molar-refractivity contribution in [1.82, 2.24) is 10.3 Å². The largest absolute Gasteiger partial charge is 0.481 e. The summed E-state index contributed by atoms with van der Waals surface area (Å²) in [5.41, 5.74) is 4.81. The number of para-hydroxylation sites is 1. The maximum atomic E-state index is 12.3. The van der Waals surface area contributed by atoms with Crippen molar-refractivity contribution in [2.24, 2.45) is 0 Å². The predicted octanol–water partition coefficient (Wildman–Crippen LogP) is 7.17. The Balaban J connectivity index is 1.17. The van der Waals surface area contributed by atoms with E-state index in [0.717, 1.165) is 57.1 Å². The predicted molar refractivity (Wildman–Crippen MR) is 172 cm³/mol. The lowest BCUT2D eigenvalue weighted by Gasteiger charge is -2.36. The Hall–Kier alpha value is -3.28. The minimum atomic E-state index is -0.775. The van der Waals surface area contributed by atoms with Crippen molar-refractivity contribution in [1.29, 1.82) is 0 Å². The van der Waals surface area contributed by atoms with Gasteiger partial charge in [0.1, 0.15) is 0 Å². The lowest BCUT2D eigenvalue weighted by Crippen LogP contribution is -2.31. The molecule has 1 aliphatic rings. The van der Waals surface area contributed by atoms with Crippen molar-refractivity contribution >= 4 is 45.2 Å². The first kappa shape index (κ1) is 32.1. The molecule has 1 aromatic heterocycles. The number of thioether (sulfide) groups is 1. The zero-order valence-electron chi connectivity index (χ0n) is 24.5. The zero-order chi connectivity index (χ0) is 30.7. The van der Waals surface area contributed by atoms with Gasteiger partial charge in [-0.15, -0.1) is 11.3 Å². The normalized spacial score (nSPS) is 18.3. The Morgan fingerprint density at radius 2 is 1.59 bits per heavy atom. The lowest BCUT2D eigenvalue weighted by atomic mass is 10.0. The molecule has 0 aliphatic carbocycles. The standard InChI is InChI=1S/C34H38N2O6S2/c37-21-24-13-15-25(16-14-24)29-19-27(22-43-34-36-28-7-5-6-8-30(28)44-34)41-33(42-29)26-17-11-23(12-18-26)20-35-31(38)9-3-1-2-4-10-32(39)40/h5-8,11-18,27,29,33,37H,1-4,9-10,19-22H2,(H,35,38)(H,39,40)/t27-,29+,33+/m0/s1. The van der Waals surface area contributed by atoms with Crippen molar-refractivity contribution in [3.63, 3.8) is 0 Å². The molecule has 2 heterocycles. The number of nitrogens with one attached hydrogen (secondary N) is 1. The second-order valence-corrected chi connectivity index (χ2v) is 13.2. The van der Waals surface area contributed by atoms with Crippen molar-refractivity contribution in [3.8, 4) is 0 Å². The summed E-state index contributed by atoms with van der Waals surface area (Å²) in [5.74, 6) is -0.0351. The van der Waals surface area contributed by atoms with Gasteiger partial charge >= 0.3 is 5.97 Å². The molecule has 0 radical (unpaired) electrons. The fourth-order valence-corrected chi connectivity index (χ4v) is 7.21. The highest BCUT2D eigenvalue weighted by molar-refractivity contribution is 8.01. The fraction of sp³-hybridized carbons (Fsp3) is 0.382. The monoisotopic (exact) mass is 634 g/mol. The number of hydrogen-bond acceptors (Lipinski definition) is 8. The van der Waals surface area contributed by atoms with Crippen LogP contribution >= 0.6 is 23.1 Å². The van der Waals surface area contributed by atoms with Gasteiger partial charge in [0.25, 0.3) is 0 Å². The number of aliphatic carboxylic acids is 1. The smallest absolute Gasteiger partial charge is 0.303 e. The third-order valence-corrected chi connectivity index (χ3v) is 9.88. The van der Waals surface area contributed by atoms with Gasteiger partial charge in [0.15, 0.2) is 10.6 Å². The first-order valence-corrected chi connectivity index (χ1v) is 16.8. The third-order valence-electron chi connectivity index (χ3n) is 7.57. The molecular formula is C34H38N2O6S2. The summed E-state index contributed by atoms with van der Waals surface area (Å²) in [5, 5.41) is 21.2. The van der Waals surface area contributed by atoms with Gasteiger partial charge in [-0.25, -0.2) is 4.98 Å². The highest BCUT2D eigenvalue weighted by atomic mass is 32.2. The molecule has 3 atom stereocenters. The molecule has 0 spiro atoms. The SMILES string of the molecule is O=C(O)CCCCCCC(=O)NCc1ccc([C@@H]2O[C@H](CSc3nc4ccccc4s3)C[C@H](c3ccc(CO)cc3)O2)cc1. The Morgan fingerprint density at radius 3 is 2.32 bits per heavy atom. The Kier molecular flexibility index (Phi) is 11.8. The molecule has 5 rings (SSSR count). The number of rotatable bonds is 15. The molecule has 0 saturated carbocycles. The molecule has 10 heteroatoms. The summed E-state index contributed by atoms with van der Waals surface area (Å²) in [7, 11) is 0. The van der Waals surface area contributed by atoms with Gasteiger partial charge in [0.2, 0.25) is 5.91 Å². The number of unbranched alkanes of at least 4 members (excludes halogenated alkanes) is 3. The summed E-state index contributed by atoms with van der Waals surface area (Å²) >= 11 is 3.40. The van der Waals surface area contributed by atoms with Gasteiger partial charge < -0.3 is 25.0 Å². The number of thiazole rings is 1. The Morgan fingerprint density at radius 1 is 0.886 bits per heavy atom. The summed E-state index contributed by atoms with van der Waals surface area (Å²) < 4.78 is 15.1. The Bertz CT molecular complexity index is 1480. The number of nitrogens with zero attached hydrogens (tertiary/aromatic N) is 1. The van der Waals surface area contributed by atoms with Gasteiger partial charge in [0, 0.05) is 37.1 Å². The third kappa shape index (κ3) is 9.36. The van der Waals surface area contributed by atoms with E-state index in [1.54, 1.807) is 23.1 Å². The second kappa shape index (κ2) is 16.2. The molecular weight excluding hydrogens is 597 g/mol. The number of benzene rings is 3. The van der Waals surface area contributed by atoms with E-state index in [-0.39, 0.29) is 31.1 Å².